The molecule has 0 saturated heterocycles. The molecule has 1 heterocycles. The second-order valence-corrected chi connectivity index (χ2v) is 3.38. The van der Waals surface area contributed by atoms with Crippen LogP contribution in [0.15, 0.2) is 30.3 Å². The van der Waals surface area contributed by atoms with Crippen LogP contribution in [0.4, 0.5) is 13.2 Å². The first-order chi connectivity index (χ1) is 7.89. The van der Waals surface area contributed by atoms with Crippen LogP contribution in [0.25, 0.3) is 10.8 Å². The van der Waals surface area contributed by atoms with Crippen LogP contribution in [-0.2, 0) is 6.18 Å². The standard InChI is InChI=1S/C11H6F3NO2/c12-11(13,14)9-7-4-2-1-3-6(7)5-8(15-9)10(16)17/h1-5H,(H,16,17). The number of carboxylic acids is 1. The molecule has 2 aromatic rings. The summed E-state index contributed by atoms with van der Waals surface area (Å²) < 4.78 is 38.1. The highest BCUT2D eigenvalue weighted by molar-refractivity contribution is 5.93. The minimum Gasteiger partial charge on any atom is -0.477 e. The minimum atomic E-state index is -4.68. The molecule has 0 aliphatic rings. The highest BCUT2D eigenvalue weighted by Gasteiger charge is 2.35. The Morgan fingerprint density at radius 2 is 1.88 bits per heavy atom. The summed E-state index contributed by atoms with van der Waals surface area (Å²) in [7, 11) is 0. The van der Waals surface area contributed by atoms with E-state index in [4.69, 9.17) is 5.11 Å². The number of benzene rings is 1. The maximum absolute atomic E-state index is 12.7. The molecule has 3 nitrogen and oxygen atoms in total. The average molecular weight is 241 g/mol. The van der Waals surface area contributed by atoms with Crippen molar-refractivity contribution in [3.63, 3.8) is 0 Å². The van der Waals surface area contributed by atoms with E-state index in [2.05, 4.69) is 4.98 Å². The van der Waals surface area contributed by atoms with E-state index < -0.39 is 23.5 Å². The monoisotopic (exact) mass is 241 g/mol. The van der Waals surface area contributed by atoms with Gasteiger partial charge >= 0.3 is 12.1 Å². The Labute approximate surface area is 93.5 Å². The zero-order valence-electron chi connectivity index (χ0n) is 8.32. The number of aromatic carboxylic acids is 1. The van der Waals surface area contributed by atoms with E-state index in [-0.39, 0.29) is 10.8 Å². The highest BCUT2D eigenvalue weighted by atomic mass is 19.4. The summed E-state index contributed by atoms with van der Waals surface area (Å²) in [6, 6.07) is 6.77. The molecule has 88 valence electrons. The predicted octanol–water partition coefficient (Wildman–Crippen LogP) is 2.95. The summed E-state index contributed by atoms with van der Waals surface area (Å²) in [6.45, 7) is 0. The molecule has 0 aliphatic heterocycles. The number of pyridine rings is 1. The van der Waals surface area contributed by atoms with Gasteiger partial charge in [-0.1, -0.05) is 24.3 Å². The van der Waals surface area contributed by atoms with Crippen LogP contribution < -0.4 is 0 Å². The fraction of sp³-hybridized carbons (Fsp3) is 0.0909. The Morgan fingerprint density at radius 1 is 1.24 bits per heavy atom. The van der Waals surface area contributed by atoms with Gasteiger partial charge in [0.2, 0.25) is 0 Å². The first kappa shape index (κ1) is 11.4. The topological polar surface area (TPSA) is 50.2 Å². The number of carboxylic acid groups (broad SMARTS) is 1. The average Bonchev–Trinajstić information content (AvgIpc) is 2.26. The summed E-state index contributed by atoms with van der Waals surface area (Å²) in [6.07, 6.45) is -4.68. The van der Waals surface area contributed by atoms with E-state index in [1.54, 1.807) is 0 Å². The van der Waals surface area contributed by atoms with Crippen molar-refractivity contribution in [1.29, 1.82) is 0 Å². The van der Waals surface area contributed by atoms with E-state index in [0.717, 1.165) is 6.07 Å². The van der Waals surface area contributed by atoms with E-state index in [1.165, 1.54) is 24.3 Å². The van der Waals surface area contributed by atoms with Gasteiger partial charge in [0.15, 0.2) is 5.69 Å². The Kier molecular flexibility index (Phi) is 2.49. The lowest BCUT2D eigenvalue weighted by Gasteiger charge is -2.10. The van der Waals surface area contributed by atoms with Gasteiger partial charge in [0.25, 0.3) is 0 Å². The van der Waals surface area contributed by atoms with Crippen LogP contribution in [0.2, 0.25) is 0 Å². The van der Waals surface area contributed by atoms with Gasteiger partial charge in [-0.2, -0.15) is 13.2 Å². The van der Waals surface area contributed by atoms with Crippen LogP contribution >= 0.6 is 0 Å². The summed E-state index contributed by atoms with van der Waals surface area (Å²) in [5.74, 6) is -1.48. The fourth-order valence-corrected chi connectivity index (χ4v) is 1.52. The fourth-order valence-electron chi connectivity index (χ4n) is 1.52. The lowest BCUT2D eigenvalue weighted by atomic mass is 10.1. The van der Waals surface area contributed by atoms with Gasteiger partial charge in [-0.25, -0.2) is 9.78 Å². The molecule has 2 rings (SSSR count). The zero-order chi connectivity index (χ0) is 12.6. The maximum Gasteiger partial charge on any atom is 0.433 e. The molecule has 0 atom stereocenters. The van der Waals surface area contributed by atoms with Crippen LogP contribution in [0.3, 0.4) is 0 Å². The summed E-state index contributed by atoms with van der Waals surface area (Å²) in [5, 5.41) is 8.80. The Hall–Kier alpha value is -2.11. The van der Waals surface area contributed by atoms with E-state index in [9.17, 15) is 18.0 Å². The number of nitrogens with zero attached hydrogens (tertiary/aromatic N) is 1. The molecule has 17 heavy (non-hydrogen) atoms. The number of alkyl halides is 3. The van der Waals surface area contributed by atoms with Crippen molar-refractivity contribution in [1.82, 2.24) is 4.98 Å². The third-order valence-corrected chi connectivity index (χ3v) is 2.23. The van der Waals surface area contributed by atoms with E-state index >= 15 is 0 Å². The molecule has 6 heteroatoms. The SMILES string of the molecule is O=C(O)c1cc2ccccc2c(C(F)(F)F)n1. The Balaban J connectivity index is 2.83. The first-order valence-corrected chi connectivity index (χ1v) is 4.60. The van der Waals surface area contributed by atoms with Crippen molar-refractivity contribution in [2.24, 2.45) is 0 Å². The summed E-state index contributed by atoms with van der Waals surface area (Å²) in [5.41, 5.74) is -1.79. The van der Waals surface area contributed by atoms with Gasteiger partial charge in [-0.15, -0.1) is 0 Å². The molecule has 0 spiro atoms. The number of fused-ring (bicyclic) bond motifs is 1. The van der Waals surface area contributed by atoms with Gasteiger partial charge in [0.1, 0.15) is 5.69 Å². The van der Waals surface area contributed by atoms with Crippen molar-refractivity contribution < 1.29 is 23.1 Å². The van der Waals surface area contributed by atoms with Gasteiger partial charge < -0.3 is 5.11 Å². The van der Waals surface area contributed by atoms with Crippen LogP contribution in [0.5, 0.6) is 0 Å². The minimum absolute atomic E-state index is 0.106. The molecule has 1 aromatic carbocycles. The highest BCUT2D eigenvalue weighted by Crippen LogP contribution is 2.33. The van der Waals surface area contributed by atoms with Crippen LogP contribution in [0, 0.1) is 0 Å². The molecule has 0 saturated carbocycles. The second kappa shape index (κ2) is 3.73. The van der Waals surface area contributed by atoms with Crippen LogP contribution in [0.1, 0.15) is 16.2 Å². The van der Waals surface area contributed by atoms with Crippen molar-refractivity contribution in [2.75, 3.05) is 0 Å². The molecular formula is C11H6F3NO2. The van der Waals surface area contributed by atoms with Gasteiger partial charge in [-0.05, 0) is 11.5 Å². The largest absolute Gasteiger partial charge is 0.477 e. The lowest BCUT2D eigenvalue weighted by molar-refractivity contribution is -0.139. The maximum atomic E-state index is 12.7. The predicted molar refractivity (Wildman–Crippen MR) is 53.7 cm³/mol. The summed E-state index contributed by atoms with van der Waals surface area (Å²) >= 11 is 0. The van der Waals surface area contributed by atoms with Gasteiger partial charge in [-0.3, -0.25) is 0 Å². The number of hydrogen-bond acceptors (Lipinski definition) is 2. The molecule has 0 bridgehead atoms. The Morgan fingerprint density at radius 3 is 2.47 bits per heavy atom. The molecule has 0 unspecified atom stereocenters. The number of halogens is 3. The van der Waals surface area contributed by atoms with E-state index in [0.29, 0.717) is 0 Å². The normalized spacial score (nSPS) is 11.7. The smallest absolute Gasteiger partial charge is 0.433 e. The molecule has 1 aromatic heterocycles. The summed E-state index contributed by atoms with van der Waals surface area (Å²) in [4.78, 5) is 13.8. The van der Waals surface area contributed by atoms with Gasteiger partial charge in [0, 0.05) is 5.39 Å². The number of hydrogen-bond donors (Lipinski definition) is 1. The molecular weight excluding hydrogens is 235 g/mol. The van der Waals surface area contributed by atoms with Crippen molar-refractivity contribution in [3.05, 3.63) is 41.7 Å². The second-order valence-electron chi connectivity index (χ2n) is 3.38. The number of rotatable bonds is 1. The van der Waals surface area contributed by atoms with Crippen molar-refractivity contribution in [3.8, 4) is 0 Å². The van der Waals surface area contributed by atoms with Gasteiger partial charge in [0.05, 0.1) is 0 Å². The Bertz CT molecular complexity index is 593. The molecule has 0 radical (unpaired) electrons. The third-order valence-electron chi connectivity index (χ3n) is 2.23. The number of aromatic nitrogens is 1. The third kappa shape index (κ3) is 2.06. The van der Waals surface area contributed by atoms with Crippen molar-refractivity contribution >= 4 is 16.7 Å². The van der Waals surface area contributed by atoms with Crippen molar-refractivity contribution in [2.45, 2.75) is 6.18 Å². The molecule has 0 fully saturated rings. The molecule has 0 aliphatic carbocycles. The quantitative estimate of drug-likeness (QED) is 0.835. The van der Waals surface area contributed by atoms with E-state index in [1.807, 2.05) is 0 Å². The molecule has 0 amide bonds. The number of carbonyl (C=O) groups is 1. The van der Waals surface area contributed by atoms with Crippen LogP contribution in [-0.4, -0.2) is 16.1 Å². The zero-order valence-corrected chi connectivity index (χ0v) is 8.32. The molecule has 1 N–H and O–H groups in total. The lowest BCUT2D eigenvalue weighted by Crippen LogP contribution is -2.12. The first-order valence-electron chi connectivity index (χ1n) is 4.60.